The van der Waals surface area contributed by atoms with Gasteiger partial charge in [0.2, 0.25) is 11.8 Å². The number of aromatic nitrogens is 3. The molecule has 5 heterocycles. The van der Waals surface area contributed by atoms with E-state index in [0.717, 1.165) is 53.9 Å². The Morgan fingerprint density at radius 1 is 1.18 bits per heavy atom. The summed E-state index contributed by atoms with van der Waals surface area (Å²) in [5.41, 5.74) is 3.45. The molecule has 2 aliphatic heterocycles. The molecule has 3 aromatic heterocycles. The summed E-state index contributed by atoms with van der Waals surface area (Å²) in [7, 11) is -1.81. The van der Waals surface area contributed by atoms with Gasteiger partial charge in [-0.1, -0.05) is 0 Å². The maximum absolute atomic E-state index is 12.2. The van der Waals surface area contributed by atoms with Crippen LogP contribution in [-0.2, 0) is 26.9 Å². The van der Waals surface area contributed by atoms with Crippen LogP contribution in [-0.4, -0.2) is 91.7 Å². The van der Waals surface area contributed by atoms with Gasteiger partial charge in [0.1, 0.15) is 0 Å². The Kier molecular flexibility index (Phi) is 8.36. The number of anilines is 1. The Hall–Kier alpha value is -2.38. The molecule has 2 aliphatic rings. The first-order chi connectivity index (χ1) is 18.9. The van der Waals surface area contributed by atoms with Gasteiger partial charge in [-0.3, -0.25) is 4.90 Å². The van der Waals surface area contributed by atoms with Gasteiger partial charge in [-0.2, -0.15) is 0 Å². The topological polar surface area (TPSA) is 118 Å². The SMILES string of the molecule is COc1ncc(-c2nc(N3CCOCC3)nc3c(CN4CCC(C(C)(C)O)CC4)c(C)sc23)cc1CS(C)(=O)=O. The van der Waals surface area contributed by atoms with Crippen molar-refractivity contribution in [2.75, 3.05) is 57.7 Å². The van der Waals surface area contributed by atoms with Crippen LogP contribution >= 0.6 is 11.3 Å². The fraction of sp³-hybridized carbons (Fsp3) is 0.607. The second-order valence-electron chi connectivity index (χ2n) is 11.5. The highest BCUT2D eigenvalue weighted by atomic mass is 32.2. The maximum Gasteiger partial charge on any atom is 0.226 e. The fourth-order valence-corrected chi connectivity index (χ4v) is 7.51. The molecule has 2 fully saturated rings. The minimum absolute atomic E-state index is 0.170. The minimum atomic E-state index is -3.30. The zero-order valence-corrected chi connectivity index (χ0v) is 25.6. The van der Waals surface area contributed by atoms with E-state index in [2.05, 4.69) is 21.7 Å². The van der Waals surface area contributed by atoms with Crippen LogP contribution in [0, 0.1) is 12.8 Å². The molecule has 12 heteroatoms. The number of aliphatic hydroxyl groups is 1. The molecule has 40 heavy (non-hydrogen) atoms. The lowest BCUT2D eigenvalue weighted by Gasteiger charge is -2.37. The van der Waals surface area contributed by atoms with Crippen molar-refractivity contribution >= 4 is 37.3 Å². The summed E-state index contributed by atoms with van der Waals surface area (Å²) < 4.78 is 36.2. The number of hydrogen-bond acceptors (Lipinski definition) is 11. The number of ether oxygens (including phenoxy) is 2. The third kappa shape index (κ3) is 6.41. The molecule has 0 aromatic carbocycles. The third-order valence-corrected chi connectivity index (χ3v) is 9.87. The minimum Gasteiger partial charge on any atom is -0.481 e. The van der Waals surface area contributed by atoms with Crippen molar-refractivity contribution in [1.82, 2.24) is 19.9 Å². The number of nitrogens with zero attached hydrogens (tertiary/aromatic N) is 5. The predicted octanol–water partition coefficient (Wildman–Crippen LogP) is 3.43. The number of pyridine rings is 1. The summed E-state index contributed by atoms with van der Waals surface area (Å²) in [5, 5.41) is 10.5. The second kappa shape index (κ2) is 11.5. The Morgan fingerprint density at radius 3 is 2.50 bits per heavy atom. The number of methoxy groups -OCH3 is 1. The Bertz CT molecular complexity index is 1470. The summed E-state index contributed by atoms with van der Waals surface area (Å²) in [5.74, 6) is 1.07. The smallest absolute Gasteiger partial charge is 0.226 e. The zero-order valence-electron chi connectivity index (χ0n) is 23.9. The van der Waals surface area contributed by atoms with Gasteiger partial charge in [-0.15, -0.1) is 11.3 Å². The zero-order chi connectivity index (χ0) is 28.7. The van der Waals surface area contributed by atoms with Gasteiger partial charge < -0.3 is 19.5 Å². The van der Waals surface area contributed by atoms with Crippen molar-refractivity contribution in [3.8, 4) is 17.1 Å². The lowest BCUT2D eigenvalue weighted by molar-refractivity contribution is -0.0135. The maximum atomic E-state index is 12.2. The molecule has 2 saturated heterocycles. The van der Waals surface area contributed by atoms with E-state index in [1.807, 2.05) is 19.9 Å². The quantitative estimate of drug-likeness (QED) is 0.419. The van der Waals surface area contributed by atoms with E-state index >= 15 is 0 Å². The van der Waals surface area contributed by atoms with Crippen molar-refractivity contribution in [2.45, 2.75) is 51.5 Å². The summed E-state index contributed by atoms with van der Waals surface area (Å²) in [6.07, 6.45) is 4.83. The Labute approximate surface area is 240 Å². The summed E-state index contributed by atoms with van der Waals surface area (Å²) in [6.45, 7) is 11.2. The van der Waals surface area contributed by atoms with E-state index in [1.165, 1.54) is 23.8 Å². The highest BCUT2D eigenvalue weighted by Crippen LogP contribution is 2.39. The van der Waals surface area contributed by atoms with Crippen LogP contribution in [0.4, 0.5) is 5.95 Å². The Morgan fingerprint density at radius 2 is 1.88 bits per heavy atom. The van der Waals surface area contributed by atoms with Crippen LogP contribution in [0.5, 0.6) is 5.88 Å². The average Bonchev–Trinajstić information content (AvgIpc) is 3.22. The van der Waals surface area contributed by atoms with Gasteiger partial charge in [0, 0.05) is 53.7 Å². The van der Waals surface area contributed by atoms with E-state index in [4.69, 9.17) is 19.4 Å². The van der Waals surface area contributed by atoms with Crippen LogP contribution in [0.1, 0.15) is 42.7 Å². The molecule has 218 valence electrons. The van der Waals surface area contributed by atoms with Crippen LogP contribution < -0.4 is 9.64 Å². The molecule has 0 aliphatic carbocycles. The van der Waals surface area contributed by atoms with Gasteiger partial charge in [0.05, 0.1) is 47.6 Å². The first kappa shape index (κ1) is 29.1. The van der Waals surface area contributed by atoms with Crippen LogP contribution in [0.15, 0.2) is 12.3 Å². The highest BCUT2D eigenvalue weighted by Gasteiger charge is 2.31. The molecular weight excluding hydrogens is 550 g/mol. The van der Waals surface area contributed by atoms with Crippen LogP contribution in [0.3, 0.4) is 0 Å². The van der Waals surface area contributed by atoms with E-state index in [1.54, 1.807) is 17.5 Å². The number of thiophene rings is 1. The molecule has 0 amide bonds. The lowest BCUT2D eigenvalue weighted by Crippen LogP contribution is -2.41. The van der Waals surface area contributed by atoms with Gasteiger partial charge in [-0.25, -0.2) is 23.4 Å². The molecule has 1 N–H and O–H groups in total. The molecule has 0 spiro atoms. The molecule has 3 aromatic rings. The molecule has 10 nitrogen and oxygen atoms in total. The summed E-state index contributed by atoms with van der Waals surface area (Å²) in [6, 6.07) is 1.83. The first-order valence-corrected chi connectivity index (χ1v) is 16.6. The van der Waals surface area contributed by atoms with E-state index in [0.29, 0.717) is 49.6 Å². The number of sulfone groups is 1. The van der Waals surface area contributed by atoms with Gasteiger partial charge >= 0.3 is 0 Å². The lowest BCUT2D eigenvalue weighted by atomic mass is 9.83. The number of piperidine rings is 1. The number of morpholine rings is 1. The molecular formula is C28H39N5O5S2. The molecule has 5 rings (SSSR count). The van der Waals surface area contributed by atoms with Gasteiger partial charge in [-0.05, 0) is 58.7 Å². The number of rotatable bonds is 8. The number of likely N-dealkylation sites (tertiary alicyclic amines) is 1. The normalized spacial score (nSPS) is 18.0. The standard InChI is InChI=1S/C28H39N5O5S2/c1-18-22(16-32-8-6-21(7-9-32)28(2,3)34)24-25(39-18)23(30-27(31-24)33-10-12-38-13-11-33)19-14-20(17-40(5,35)36)26(37-4)29-15-19/h14-15,21,34H,6-13,16-17H2,1-5H3. The second-order valence-corrected chi connectivity index (χ2v) is 14.8. The van der Waals surface area contributed by atoms with Crippen molar-refractivity contribution in [3.05, 3.63) is 28.3 Å². The van der Waals surface area contributed by atoms with Crippen LogP contribution in [0.2, 0.25) is 0 Å². The van der Waals surface area contributed by atoms with Gasteiger partial charge in [0.15, 0.2) is 9.84 Å². The summed E-state index contributed by atoms with van der Waals surface area (Å²) >= 11 is 1.67. The average molecular weight is 590 g/mol. The van der Waals surface area contributed by atoms with E-state index < -0.39 is 15.4 Å². The third-order valence-electron chi connectivity index (χ3n) is 7.89. The largest absolute Gasteiger partial charge is 0.481 e. The number of hydrogen-bond donors (Lipinski definition) is 1. The Balaban J connectivity index is 1.57. The van der Waals surface area contributed by atoms with E-state index in [-0.39, 0.29) is 5.75 Å². The molecule has 0 radical (unpaired) electrons. The fourth-order valence-electron chi connectivity index (χ4n) is 5.63. The monoisotopic (exact) mass is 589 g/mol. The predicted molar refractivity (Wildman–Crippen MR) is 158 cm³/mol. The molecule has 0 unspecified atom stereocenters. The van der Waals surface area contributed by atoms with Crippen molar-refractivity contribution < 1.29 is 23.0 Å². The van der Waals surface area contributed by atoms with Crippen molar-refractivity contribution in [2.24, 2.45) is 5.92 Å². The molecule has 0 bridgehead atoms. The van der Waals surface area contributed by atoms with Crippen molar-refractivity contribution in [1.29, 1.82) is 0 Å². The molecule has 0 atom stereocenters. The molecule has 0 saturated carbocycles. The number of aryl methyl sites for hydroxylation is 1. The van der Waals surface area contributed by atoms with E-state index in [9.17, 15) is 13.5 Å². The number of fused-ring (bicyclic) bond motifs is 1. The highest BCUT2D eigenvalue weighted by molar-refractivity contribution is 7.89. The van der Waals surface area contributed by atoms with Crippen molar-refractivity contribution in [3.63, 3.8) is 0 Å². The summed E-state index contributed by atoms with van der Waals surface area (Å²) in [4.78, 5) is 20.4. The van der Waals surface area contributed by atoms with Crippen LogP contribution in [0.25, 0.3) is 21.5 Å². The van der Waals surface area contributed by atoms with Gasteiger partial charge in [0.25, 0.3) is 0 Å². The first-order valence-electron chi connectivity index (χ1n) is 13.7.